The first-order valence-corrected chi connectivity index (χ1v) is 14.9. The van der Waals surface area contributed by atoms with Gasteiger partial charge in [-0.05, 0) is 61.2 Å². The summed E-state index contributed by atoms with van der Waals surface area (Å²) in [5.74, 6) is 1.49. The lowest BCUT2D eigenvalue weighted by Crippen LogP contribution is -2.47. The van der Waals surface area contributed by atoms with Gasteiger partial charge in [0.2, 0.25) is 11.8 Å². The molecule has 0 radical (unpaired) electrons. The summed E-state index contributed by atoms with van der Waals surface area (Å²) in [5.41, 5.74) is 3.11. The van der Waals surface area contributed by atoms with Crippen LogP contribution >= 0.6 is 0 Å². The third-order valence-electron chi connectivity index (χ3n) is 8.05. The lowest BCUT2D eigenvalue weighted by Gasteiger charge is -2.34. The number of aromatic nitrogens is 1. The minimum absolute atomic E-state index is 0.0854. The molecule has 1 saturated carbocycles. The molecular weight excluding hydrogens is 530 g/mol. The molecule has 0 saturated heterocycles. The molecule has 2 amide bonds. The molecule has 42 heavy (non-hydrogen) atoms. The molecule has 0 bridgehead atoms. The summed E-state index contributed by atoms with van der Waals surface area (Å²) >= 11 is 0. The molecule has 4 aromatic rings. The second-order valence-corrected chi connectivity index (χ2v) is 10.9. The number of benzene rings is 3. The number of aromatic amines is 1. The van der Waals surface area contributed by atoms with Crippen molar-refractivity contribution in [3.8, 4) is 17.2 Å². The van der Waals surface area contributed by atoms with E-state index in [1.165, 1.54) is 6.42 Å². The van der Waals surface area contributed by atoms with E-state index in [0.29, 0.717) is 48.3 Å². The lowest BCUT2D eigenvalue weighted by molar-refractivity contribution is -0.127. The van der Waals surface area contributed by atoms with E-state index >= 15 is 0 Å². The number of amides is 2. The van der Waals surface area contributed by atoms with Gasteiger partial charge in [-0.15, -0.1) is 0 Å². The van der Waals surface area contributed by atoms with Gasteiger partial charge in [0.1, 0.15) is 25.0 Å². The highest BCUT2D eigenvalue weighted by atomic mass is 16.6. The quantitative estimate of drug-likeness (QED) is 0.255. The zero-order valence-corrected chi connectivity index (χ0v) is 23.9. The Bertz CT molecular complexity index is 1540. The topological polar surface area (TPSA) is 92.9 Å². The highest BCUT2D eigenvalue weighted by molar-refractivity contribution is 6.03. The van der Waals surface area contributed by atoms with Crippen LogP contribution in [0.5, 0.6) is 17.2 Å². The average Bonchev–Trinajstić information content (AvgIpc) is 3.43. The van der Waals surface area contributed by atoms with E-state index in [9.17, 15) is 9.59 Å². The number of para-hydroxylation sites is 1. The zero-order chi connectivity index (χ0) is 28.9. The van der Waals surface area contributed by atoms with Gasteiger partial charge in [-0.1, -0.05) is 49.6 Å². The van der Waals surface area contributed by atoms with Crippen LogP contribution in [0.25, 0.3) is 10.9 Å². The zero-order valence-electron chi connectivity index (χ0n) is 23.9. The van der Waals surface area contributed by atoms with Gasteiger partial charge in [0.15, 0.2) is 11.5 Å². The van der Waals surface area contributed by atoms with Crippen LogP contribution in [0.1, 0.15) is 56.2 Å². The van der Waals surface area contributed by atoms with E-state index in [0.717, 1.165) is 42.1 Å². The first-order chi connectivity index (χ1) is 20.6. The number of H-pyrrole nitrogens is 1. The molecule has 2 N–H and O–H groups in total. The highest BCUT2D eigenvalue weighted by Gasteiger charge is 2.35. The predicted molar refractivity (Wildman–Crippen MR) is 162 cm³/mol. The predicted octanol–water partition coefficient (Wildman–Crippen LogP) is 6.10. The van der Waals surface area contributed by atoms with Crippen LogP contribution in [0, 0.1) is 0 Å². The van der Waals surface area contributed by atoms with Crippen molar-refractivity contribution in [2.75, 3.05) is 24.7 Å². The number of fused-ring (bicyclic) bond motifs is 2. The Morgan fingerprint density at radius 2 is 1.74 bits per heavy atom. The van der Waals surface area contributed by atoms with E-state index in [1.807, 2.05) is 73.8 Å². The molecule has 218 valence electrons. The van der Waals surface area contributed by atoms with E-state index in [4.69, 9.17) is 14.2 Å². The number of nitrogens with zero attached hydrogens (tertiary/aromatic N) is 1. The Hall–Kier alpha value is -4.46. The summed E-state index contributed by atoms with van der Waals surface area (Å²) in [6.45, 7) is 3.36. The normalized spacial score (nSPS) is 15.6. The van der Waals surface area contributed by atoms with E-state index in [-0.39, 0.29) is 24.3 Å². The first kappa shape index (κ1) is 27.7. The second-order valence-electron chi connectivity index (χ2n) is 10.9. The molecule has 6 rings (SSSR count). The Balaban J connectivity index is 1.42. The Morgan fingerprint density at radius 1 is 0.976 bits per heavy atom. The number of ether oxygens (including phenoxy) is 3. The lowest BCUT2D eigenvalue weighted by atomic mass is 9.94. The third-order valence-corrected chi connectivity index (χ3v) is 8.05. The van der Waals surface area contributed by atoms with Gasteiger partial charge in [0.05, 0.1) is 13.0 Å². The maximum Gasteiger partial charge on any atom is 0.248 e. The molecular formula is C34H37N3O5. The van der Waals surface area contributed by atoms with Crippen molar-refractivity contribution < 1.29 is 23.8 Å². The van der Waals surface area contributed by atoms with Crippen LogP contribution in [0.3, 0.4) is 0 Å². The fourth-order valence-electron chi connectivity index (χ4n) is 6.00. The maximum absolute atomic E-state index is 14.4. The van der Waals surface area contributed by atoms with Gasteiger partial charge in [0, 0.05) is 34.9 Å². The number of rotatable bonds is 9. The fraction of sp³-hybridized carbons (Fsp3) is 0.353. The number of anilines is 1. The number of carbonyl (C=O) groups is 2. The number of hydrogen-bond acceptors (Lipinski definition) is 5. The second kappa shape index (κ2) is 12.6. The molecule has 2 aliphatic rings. The van der Waals surface area contributed by atoms with Gasteiger partial charge >= 0.3 is 0 Å². The minimum Gasteiger partial charge on any atom is -0.494 e. The van der Waals surface area contributed by atoms with Gasteiger partial charge in [-0.3, -0.25) is 14.5 Å². The van der Waals surface area contributed by atoms with Crippen molar-refractivity contribution in [3.05, 3.63) is 84.1 Å². The van der Waals surface area contributed by atoms with Gasteiger partial charge in [-0.2, -0.15) is 0 Å². The van der Waals surface area contributed by atoms with E-state index < -0.39 is 6.04 Å². The van der Waals surface area contributed by atoms with Gasteiger partial charge in [-0.25, -0.2) is 0 Å². The minimum atomic E-state index is -0.900. The van der Waals surface area contributed by atoms with Crippen molar-refractivity contribution in [2.24, 2.45) is 0 Å². The standard InChI is InChI=1S/C34H37N3O5/c1-2-40-27-15-12-23(13-16-27)33(34(39)36-25-8-4-3-5-9-25)37(26-14-17-30-31(21-26)42-19-18-41-30)32(38)20-24-22-35-29-11-7-6-10-28(24)29/h6-7,10-17,21-22,25,33,35H,2-5,8-9,18-20H2,1H3,(H,36,39)/t33-/m0/s1. The van der Waals surface area contributed by atoms with Crippen molar-refractivity contribution in [1.82, 2.24) is 10.3 Å². The largest absolute Gasteiger partial charge is 0.494 e. The van der Waals surface area contributed by atoms with Gasteiger partial charge < -0.3 is 24.5 Å². The molecule has 0 unspecified atom stereocenters. The van der Waals surface area contributed by atoms with E-state index in [2.05, 4.69) is 10.3 Å². The van der Waals surface area contributed by atoms with Crippen molar-refractivity contribution in [1.29, 1.82) is 0 Å². The SMILES string of the molecule is CCOc1ccc([C@@H](C(=O)NC2CCCCC2)N(C(=O)Cc2c[nH]c3ccccc23)c2ccc3c(c2)OCCO3)cc1. The maximum atomic E-state index is 14.4. The molecule has 1 aliphatic heterocycles. The Morgan fingerprint density at radius 3 is 2.52 bits per heavy atom. The summed E-state index contributed by atoms with van der Waals surface area (Å²) in [6.07, 6.45) is 7.22. The third kappa shape index (κ3) is 5.93. The van der Waals surface area contributed by atoms with Crippen molar-refractivity contribution in [2.45, 2.75) is 57.5 Å². The molecule has 1 fully saturated rings. The average molecular weight is 568 g/mol. The summed E-state index contributed by atoms with van der Waals surface area (Å²) in [5, 5.41) is 4.27. The van der Waals surface area contributed by atoms with Crippen LogP contribution in [0.4, 0.5) is 5.69 Å². The molecule has 0 spiro atoms. The summed E-state index contributed by atoms with van der Waals surface area (Å²) in [7, 11) is 0. The molecule has 2 heterocycles. The summed E-state index contributed by atoms with van der Waals surface area (Å²) in [6, 6.07) is 20.0. The summed E-state index contributed by atoms with van der Waals surface area (Å²) < 4.78 is 17.3. The smallest absolute Gasteiger partial charge is 0.248 e. The molecule has 1 atom stereocenters. The molecule has 1 aliphatic carbocycles. The van der Waals surface area contributed by atoms with Crippen molar-refractivity contribution >= 4 is 28.4 Å². The van der Waals surface area contributed by atoms with Crippen LogP contribution in [-0.4, -0.2) is 42.7 Å². The van der Waals surface area contributed by atoms with Crippen LogP contribution in [-0.2, 0) is 16.0 Å². The van der Waals surface area contributed by atoms with Gasteiger partial charge in [0.25, 0.3) is 0 Å². The molecule has 8 heteroatoms. The van der Waals surface area contributed by atoms with E-state index in [1.54, 1.807) is 11.0 Å². The number of hydrogen-bond donors (Lipinski definition) is 2. The highest BCUT2D eigenvalue weighted by Crippen LogP contribution is 2.38. The Labute approximate surface area is 246 Å². The monoisotopic (exact) mass is 567 g/mol. The molecule has 3 aromatic carbocycles. The molecule has 1 aromatic heterocycles. The summed E-state index contributed by atoms with van der Waals surface area (Å²) in [4.78, 5) is 33.6. The Kier molecular flexibility index (Phi) is 8.30. The number of carbonyl (C=O) groups excluding carboxylic acids is 2. The first-order valence-electron chi connectivity index (χ1n) is 14.9. The van der Waals surface area contributed by atoms with Crippen LogP contribution < -0.4 is 24.4 Å². The number of nitrogens with one attached hydrogen (secondary N) is 2. The molecule has 8 nitrogen and oxygen atoms in total. The van der Waals surface area contributed by atoms with Crippen LogP contribution in [0.15, 0.2) is 72.9 Å². The van der Waals surface area contributed by atoms with Crippen LogP contribution in [0.2, 0.25) is 0 Å². The fourth-order valence-corrected chi connectivity index (χ4v) is 6.00. The van der Waals surface area contributed by atoms with Crippen molar-refractivity contribution in [3.63, 3.8) is 0 Å².